The van der Waals surface area contributed by atoms with E-state index in [9.17, 15) is 0 Å². The maximum Gasteiger partial charge on any atom is 0.231 e. The van der Waals surface area contributed by atoms with Crippen LogP contribution in [0.4, 0.5) is 0 Å². The Kier molecular flexibility index (Phi) is 10.6. The molecule has 3 heteroatoms. The van der Waals surface area contributed by atoms with Crippen molar-refractivity contribution in [2.45, 2.75) is 66.3 Å². The van der Waals surface area contributed by atoms with Gasteiger partial charge in [-0.05, 0) is 57.9 Å². The van der Waals surface area contributed by atoms with Gasteiger partial charge in [-0.15, -0.1) is 6.58 Å². The van der Waals surface area contributed by atoms with Gasteiger partial charge < -0.3 is 9.13 Å². The molecule has 0 bridgehead atoms. The predicted octanol–water partition coefficient (Wildman–Crippen LogP) is 4.42. The van der Waals surface area contributed by atoms with E-state index in [0.717, 1.165) is 0 Å². The van der Waals surface area contributed by atoms with Crippen LogP contribution in [0.2, 0.25) is 6.04 Å². The van der Waals surface area contributed by atoms with Gasteiger partial charge in [0.25, 0.3) is 0 Å². The first-order valence-electron chi connectivity index (χ1n) is 8.30. The summed E-state index contributed by atoms with van der Waals surface area (Å²) in [5.74, 6) is 0. The highest BCUT2D eigenvalue weighted by Crippen LogP contribution is 2.23. The Labute approximate surface area is 123 Å². The van der Waals surface area contributed by atoms with Crippen molar-refractivity contribution in [3.63, 3.8) is 0 Å². The zero-order chi connectivity index (χ0) is 14.7. The van der Waals surface area contributed by atoms with Gasteiger partial charge in [-0.1, -0.05) is 40.3 Å². The van der Waals surface area contributed by atoms with Crippen molar-refractivity contribution in [3.05, 3.63) is 12.3 Å². The van der Waals surface area contributed by atoms with E-state index < -0.39 is 8.40 Å². The average molecular weight is 285 g/mol. The summed E-state index contributed by atoms with van der Waals surface area (Å²) in [6.45, 7) is 20.7. The van der Waals surface area contributed by atoms with Gasteiger partial charge in [0.1, 0.15) is 0 Å². The minimum Gasteiger partial charge on any atom is -0.308 e. The summed E-state index contributed by atoms with van der Waals surface area (Å²) in [6.07, 6.45) is 4.98. The third kappa shape index (κ3) is 5.05. The van der Waals surface area contributed by atoms with Crippen LogP contribution >= 0.6 is 0 Å². The third-order valence-corrected chi connectivity index (χ3v) is 8.70. The number of rotatable bonds is 12. The van der Waals surface area contributed by atoms with Crippen LogP contribution in [0.1, 0.15) is 60.3 Å². The quantitative estimate of drug-likeness (QED) is 0.490. The predicted molar refractivity (Wildman–Crippen MR) is 90.7 cm³/mol. The summed E-state index contributed by atoms with van der Waals surface area (Å²) < 4.78 is 5.57. The largest absolute Gasteiger partial charge is 0.308 e. The zero-order valence-corrected chi connectivity index (χ0v) is 15.0. The van der Waals surface area contributed by atoms with Gasteiger partial charge in [-0.2, -0.15) is 0 Å². The second-order valence-corrected chi connectivity index (χ2v) is 9.55. The van der Waals surface area contributed by atoms with Crippen molar-refractivity contribution in [1.82, 2.24) is 9.13 Å². The molecule has 0 aromatic heterocycles. The first-order chi connectivity index (χ1) is 9.16. The first kappa shape index (κ1) is 18.9. The van der Waals surface area contributed by atoms with Crippen LogP contribution in [0.3, 0.4) is 0 Å². The van der Waals surface area contributed by atoms with Crippen molar-refractivity contribution in [2.75, 3.05) is 26.2 Å². The van der Waals surface area contributed by atoms with Gasteiger partial charge in [-0.3, -0.25) is 0 Å². The smallest absolute Gasteiger partial charge is 0.231 e. The van der Waals surface area contributed by atoms with Gasteiger partial charge in [0, 0.05) is 0 Å². The minimum absolute atomic E-state index is 1.23. The number of hydrogen-bond donors (Lipinski definition) is 0. The standard InChI is InChI=1S/C16H36N2Si/c1-7-13-17(14-8-2)19(11-5,12-6)18(15-9-3)16-10-4/h11H,5,7-10,12-16H2,1-4,6H3. The summed E-state index contributed by atoms with van der Waals surface area (Å²) in [5.41, 5.74) is 2.34. The Hall–Kier alpha value is -0.123. The number of hydrogen-bond acceptors (Lipinski definition) is 2. The van der Waals surface area contributed by atoms with Crippen LogP contribution in [0.5, 0.6) is 0 Å². The highest BCUT2D eigenvalue weighted by Gasteiger charge is 2.40. The van der Waals surface area contributed by atoms with E-state index in [4.69, 9.17) is 0 Å². The maximum atomic E-state index is 4.25. The van der Waals surface area contributed by atoms with Crippen molar-refractivity contribution < 1.29 is 0 Å². The molecular formula is C16H36N2Si. The van der Waals surface area contributed by atoms with E-state index in [1.807, 2.05) is 0 Å². The fourth-order valence-electron chi connectivity index (χ4n) is 3.13. The maximum absolute atomic E-state index is 4.25. The van der Waals surface area contributed by atoms with Crippen LogP contribution in [-0.2, 0) is 0 Å². The molecule has 0 saturated heterocycles. The van der Waals surface area contributed by atoms with Crippen LogP contribution in [-0.4, -0.2) is 43.7 Å². The Balaban J connectivity index is 5.28. The van der Waals surface area contributed by atoms with E-state index in [1.165, 1.54) is 57.9 Å². The molecule has 0 radical (unpaired) electrons. The average Bonchev–Trinajstić information content (AvgIpc) is 2.41. The molecule has 0 aromatic rings. The fourth-order valence-corrected chi connectivity index (χ4v) is 7.67. The molecule has 0 fully saturated rings. The Morgan fingerprint density at radius 1 is 0.737 bits per heavy atom. The second-order valence-electron chi connectivity index (χ2n) is 5.41. The van der Waals surface area contributed by atoms with Gasteiger partial charge >= 0.3 is 0 Å². The van der Waals surface area contributed by atoms with E-state index in [0.29, 0.717) is 0 Å². The zero-order valence-electron chi connectivity index (χ0n) is 14.0. The van der Waals surface area contributed by atoms with Crippen LogP contribution in [0, 0.1) is 0 Å². The molecule has 0 aliphatic rings. The lowest BCUT2D eigenvalue weighted by Crippen LogP contribution is -2.65. The van der Waals surface area contributed by atoms with Crippen molar-refractivity contribution in [2.24, 2.45) is 0 Å². The molecule has 0 aliphatic heterocycles. The van der Waals surface area contributed by atoms with Gasteiger partial charge in [0.15, 0.2) is 0 Å². The molecule has 0 spiro atoms. The second kappa shape index (κ2) is 10.6. The lowest BCUT2D eigenvalue weighted by atomic mass is 10.4. The SMILES string of the molecule is C=C[Si](CC)(N(CCC)CCC)N(CCC)CCC. The Morgan fingerprint density at radius 2 is 1.05 bits per heavy atom. The Morgan fingerprint density at radius 3 is 1.21 bits per heavy atom. The molecule has 0 N–H and O–H groups in total. The fraction of sp³-hybridized carbons (Fsp3) is 0.875. The van der Waals surface area contributed by atoms with E-state index in [1.54, 1.807) is 0 Å². The summed E-state index contributed by atoms with van der Waals surface area (Å²) in [6, 6.07) is 1.26. The lowest BCUT2D eigenvalue weighted by molar-refractivity contribution is 0.323. The van der Waals surface area contributed by atoms with Gasteiger partial charge in [-0.25, -0.2) is 0 Å². The molecule has 0 rings (SSSR count). The molecule has 0 atom stereocenters. The van der Waals surface area contributed by atoms with Gasteiger partial charge in [0.2, 0.25) is 8.40 Å². The Bertz CT molecular complexity index is 203. The molecular weight excluding hydrogens is 248 g/mol. The summed E-state index contributed by atoms with van der Waals surface area (Å²) >= 11 is 0. The van der Waals surface area contributed by atoms with Crippen molar-refractivity contribution >= 4 is 8.40 Å². The van der Waals surface area contributed by atoms with E-state index in [2.05, 4.69) is 56.0 Å². The molecule has 0 unspecified atom stereocenters. The van der Waals surface area contributed by atoms with E-state index >= 15 is 0 Å². The van der Waals surface area contributed by atoms with Crippen molar-refractivity contribution in [3.8, 4) is 0 Å². The normalized spacial score (nSPS) is 12.4. The van der Waals surface area contributed by atoms with Crippen LogP contribution < -0.4 is 0 Å². The molecule has 2 nitrogen and oxygen atoms in total. The monoisotopic (exact) mass is 284 g/mol. The summed E-state index contributed by atoms with van der Waals surface area (Å²) in [5, 5.41) is 0. The molecule has 0 aromatic carbocycles. The van der Waals surface area contributed by atoms with E-state index in [-0.39, 0.29) is 0 Å². The highest BCUT2D eigenvalue weighted by atomic mass is 28.3. The topological polar surface area (TPSA) is 6.48 Å². The lowest BCUT2D eigenvalue weighted by Gasteiger charge is -2.47. The van der Waals surface area contributed by atoms with Crippen LogP contribution in [0.25, 0.3) is 0 Å². The molecule has 114 valence electrons. The van der Waals surface area contributed by atoms with Gasteiger partial charge in [0.05, 0.1) is 0 Å². The third-order valence-electron chi connectivity index (χ3n) is 3.92. The molecule has 0 amide bonds. The number of nitrogens with zero attached hydrogens (tertiary/aromatic N) is 2. The summed E-state index contributed by atoms with van der Waals surface area (Å²) in [4.78, 5) is 0. The highest BCUT2D eigenvalue weighted by molar-refractivity contribution is 6.79. The summed E-state index contributed by atoms with van der Waals surface area (Å²) in [7, 11) is -1.66. The minimum atomic E-state index is -1.66. The first-order valence-corrected chi connectivity index (χ1v) is 10.5. The molecule has 19 heavy (non-hydrogen) atoms. The van der Waals surface area contributed by atoms with Crippen molar-refractivity contribution in [1.29, 1.82) is 0 Å². The molecule has 0 saturated carbocycles. The van der Waals surface area contributed by atoms with Crippen LogP contribution in [0.15, 0.2) is 12.3 Å². The molecule has 0 aliphatic carbocycles. The molecule has 0 heterocycles.